The molecule has 19 heavy (non-hydrogen) atoms. The van der Waals surface area contributed by atoms with Crippen LogP contribution in [-0.2, 0) is 0 Å². The molecule has 0 radical (unpaired) electrons. The van der Waals surface area contributed by atoms with Crippen LogP contribution in [0.1, 0.15) is 37.8 Å². The summed E-state index contributed by atoms with van der Waals surface area (Å²) >= 11 is 3.58. The minimum Gasteiger partial charge on any atom is -0.298 e. The zero-order valence-corrected chi connectivity index (χ0v) is 13.3. The lowest BCUT2D eigenvalue weighted by Crippen LogP contribution is -2.55. The maximum absolute atomic E-state index is 3.58. The molecule has 0 saturated carbocycles. The second-order valence-corrected chi connectivity index (χ2v) is 6.83. The number of nitrogens with zero attached hydrogens (tertiary/aromatic N) is 2. The van der Waals surface area contributed by atoms with Crippen LogP contribution in [0.25, 0.3) is 0 Å². The predicted molar refractivity (Wildman–Crippen MR) is 83.3 cm³/mol. The molecule has 2 saturated heterocycles. The molecule has 3 heteroatoms. The molecule has 0 spiro atoms. The molecule has 0 bridgehead atoms. The first-order valence-corrected chi connectivity index (χ1v) is 8.27. The van der Waals surface area contributed by atoms with E-state index in [0.29, 0.717) is 6.04 Å². The van der Waals surface area contributed by atoms with Crippen molar-refractivity contribution < 1.29 is 0 Å². The van der Waals surface area contributed by atoms with Gasteiger partial charge < -0.3 is 0 Å². The summed E-state index contributed by atoms with van der Waals surface area (Å²) < 4.78 is 1.19. The first kappa shape index (κ1) is 13.6. The van der Waals surface area contributed by atoms with Crippen LogP contribution in [0.5, 0.6) is 0 Å². The summed E-state index contributed by atoms with van der Waals surface area (Å²) in [6.45, 7) is 7.38. The van der Waals surface area contributed by atoms with E-state index in [4.69, 9.17) is 0 Å². The Kier molecular flexibility index (Phi) is 4.25. The van der Waals surface area contributed by atoms with Crippen molar-refractivity contribution in [2.24, 2.45) is 0 Å². The SMILES string of the molecule is C[C@@H](c1cccc(Br)c1)N1CCN2CCCC[C@H]2C1. The third-order valence-electron chi connectivity index (χ3n) is 4.75. The number of hydrogen-bond donors (Lipinski definition) is 0. The number of piperidine rings is 1. The van der Waals surface area contributed by atoms with E-state index in [2.05, 4.69) is 56.9 Å². The second kappa shape index (κ2) is 5.94. The molecule has 2 aliphatic rings. The monoisotopic (exact) mass is 322 g/mol. The van der Waals surface area contributed by atoms with E-state index in [-0.39, 0.29) is 0 Å². The van der Waals surface area contributed by atoms with Crippen LogP contribution in [-0.4, -0.2) is 42.0 Å². The molecular weight excluding hydrogens is 300 g/mol. The predicted octanol–water partition coefficient (Wildman–Crippen LogP) is 3.68. The first-order valence-electron chi connectivity index (χ1n) is 7.47. The second-order valence-electron chi connectivity index (χ2n) is 5.91. The van der Waals surface area contributed by atoms with Gasteiger partial charge in [0.25, 0.3) is 0 Å². The fourth-order valence-corrected chi connectivity index (χ4v) is 3.93. The highest BCUT2D eigenvalue weighted by Crippen LogP contribution is 2.28. The summed E-state index contributed by atoms with van der Waals surface area (Å²) in [6.07, 6.45) is 4.21. The molecule has 104 valence electrons. The fraction of sp³-hybridized carbons (Fsp3) is 0.625. The van der Waals surface area contributed by atoms with Gasteiger partial charge in [0.15, 0.2) is 0 Å². The summed E-state index contributed by atoms with van der Waals surface area (Å²) in [5.41, 5.74) is 1.43. The third-order valence-corrected chi connectivity index (χ3v) is 5.24. The van der Waals surface area contributed by atoms with Crippen molar-refractivity contribution in [1.29, 1.82) is 0 Å². The summed E-state index contributed by atoms with van der Waals surface area (Å²) in [5.74, 6) is 0. The number of fused-ring (bicyclic) bond motifs is 1. The first-order chi connectivity index (χ1) is 9.24. The quantitative estimate of drug-likeness (QED) is 0.819. The van der Waals surface area contributed by atoms with Crippen LogP contribution in [0.15, 0.2) is 28.7 Å². The Morgan fingerprint density at radius 2 is 2.11 bits per heavy atom. The smallest absolute Gasteiger partial charge is 0.0321 e. The van der Waals surface area contributed by atoms with E-state index in [1.165, 1.54) is 55.5 Å². The van der Waals surface area contributed by atoms with E-state index in [9.17, 15) is 0 Å². The average molecular weight is 323 g/mol. The number of piperazine rings is 1. The summed E-state index contributed by atoms with van der Waals surface area (Å²) in [6, 6.07) is 10.1. The van der Waals surface area contributed by atoms with E-state index < -0.39 is 0 Å². The molecule has 0 unspecified atom stereocenters. The molecule has 0 N–H and O–H groups in total. The zero-order valence-electron chi connectivity index (χ0n) is 11.7. The van der Waals surface area contributed by atoms with Crippen molar-refractivity contribution in [1.82, 2.24) is 9.80 Å². The van der Waals surface area contributed by atoms with Crippen molar-refractivity contribution >= 4 is 15.9 Å². The number of hydrogen-bond acceptors (Lipinski definition) is 2. The van der Waals surface area contributed by atoms with Crippen LogP contribution in [0.2, 0.25) is 0 Å². The largest absolute Gasteiger partial charge is 0.298 e. The van der Waals surface area contributed by atoms with Gasteiger partial charge in [-0.1, -0.05) is 34.5 Å². The minimum absolute atomic E-state index is 0.529. The maximum Gasteiger partial charge on any atom is 0.0321 e. The Morgan fingerprint density at radius 3 is 2.95 bits per heavy atom. The molecule has 2 aliphatic heterocycles. The van der Waals surface area contributed by atoms with E-state index >= 15 is 0 Å². The van der Waals surface area contributed by atoms with Crippen molar-refractivity contribution in [3.05, 3.63) is 34.3 Å². The molecule has 2 nitrogen and oxygen atoms in total. The summed E-state index contributed by atoms with van der Waals surface area (Å²) in [5, 5.41) is 0. The van der Waals surface area contributed by atoms with Crippen LogP contribution in [0.4, 0.5) is 0 Å². The molecule has 0 aliphatic carbocycles. The lowest BCUT2D eigenvalue weighted by Gasteiger charge is -2.46. The van der Waals surface area contributed by atoms with Gasteiger partial charge in [0.05, 0.1) is 0 Å². The van der Waals surface area contributed by atoms with E-state index in [1.807, 2.05) is 0 Å². The van der Waals surface area contributed by atoms with Crippen molar-refractivity contribution in [3.8, 4) is 0 Å². The Balaban J connectivity index is 1.69. The average Bonchev–Trinajstić information content (AvgIpc) is 2.46. The highest BCUT2D eigenvalue weighted by molar-refractivity contribution is 9.10. The van der Waals surface area contributed by atoms with Crippen LogP contribution in [0.3, 0.4) is 0 Å². The molecule has 0 amide bonds. The van der Waals surface area contributed by atoms with Crippen LogP contribution < -0.4 is 0 Å². The standard InChI is InChI=1S/C16H23BrN2/c1-13(14-5-4-6-15(17)11-14)19-10-9-18-8-3-2-7-16(18)12-19/h4-6,11,13,16H,2-3,7-10,12H2,1H3/t13-,16-/m0/s1. The van der Waals surface area contributed by atoms with Crippen LogP contribution >= 0.6 is 15.9 Å². The van der Waals surface area contributed by atoms with Crippen molar-refractivity contribution in [2.45, 2.75) is 38.3 Å². The lowest BCUT2D eigenvalue weighted by atomic mass is 9.97. The van der Waals surface area contributed by atoms with E-state index in [0.717, 1.165) is 6.04 Å². The minimum atomic E-state index is 0.529. The van der Waals surface area contributed by atoms with Gasteiger partial charge in [-0.05, 0) is 44.0 Å². The van der Waals surface area contributed by atoms with Crippen LogP contribution in [0, 0.1) is 0 Å². The van der Waals surface area contributed by atoms with Gasteiger partial charge in [0.2, 0.25) is 0 Å². The Bertz CT molecular complexity index is 435. The maximum atomic E-state index is 3.58. The van der Waals surface area contributed by atoms with Gasteiger partial charge in [-0.3, -0.25) is 9.80 Å². The lowest BCUT2D eigenvalue weighted by molar-refractivity contribution is 0.0307. The number of halogens is 1. The Morgan fingerprint density at radius 1 is 1.21 bits per heavy atom. The zero-order chi connectivity index (χ0) is 13.2. The molecule has 3 rings (SSSR count). The van der Waals surface area contributed by atoms with Gasteiger partial charge >= 0.3 is 0 Å². The molecular formula is C16H23BrN2. The Labute approximate surface area is 124 Å². The third kappa shape index (κ3) is 3.04. The van der Waals surface area contributed by atoms with Gasteiger partial charge in [0.1, 0.15) is 0 Å². The van der Waals surface area contributed by atoms with Crippen molar-refractivity contribution in [2.75, 3.05) is 26.2 Å². The summed E-state index contributed by atoms with van der Waals surface area (Å²) in [4.78, 5) is 5.36. The highest BCUT2D eigenvalue weighted by atomic mass is 79.9. The van der Waals surface area contributed by atoms with Gasteiger partial charge in [0, 0.05) is 36.2 Å². The van der Waals surface area contributed by atoms with E-state index in [1.54, 1.807) is 0 Å². The van der Waals surface area contributed by atoms with Gasteiger partial charge in [-0.15, -0.1) is 0 Å². The number of rotatable bonds is 2. The highest BCUT2D eigenvalue weighted by Gasteiger charge is 2.31. The fourth-order valence-electron chi connectivity index (χ4n) is 3.51. The Hall–Kier alpha value is -0.380. The molecule has 2 heterocycles. The molecule has 1 aromatic carbocycles. The molecule has 1 aromatic rings. The topological polar surface area (TPSA) is 6.48 Å². The van der Waals surface area contributed by atoms with Gasteiger partial charge in [-0.25, -0.2) is 0 Å². The summed E-state index contributed by atoms with van der Waals surface area (Å²) in [7, 11) is 0. The molecule has 2 atom stereocenters. The normalized spacial score (nSPS) is 26.9. The molecule has 0 aromatic heterocycles. The molecule has 2 fully saturated rings. The van der Waals surface area contributed by atoms with Crippen molar-refractivity contribution in [3.63, 3.8) is 0 Å². The van der Waals surface area contributed by atoms with Gasteiger partial charge in [-0.2, -0.15) is 0 Å². The number of benzene rings is 1.